The topological polar surface area (TPSA) is 64.1 Å². The van der Waals surface area contributed by atoms with Gasteiger partial charge in [0.25, 0.3) is 0 Å². The van der Waals surface area contributed by atoms with Crippen LogP contribution in [0.2, 0.25) is 0 Å². The van der Waals surface area contributed by atoms with Gasteiger partial charge in [0.05, 0.1) is 11.4 Å². The van der Waals surface area contributed by atoms with Crippen molar-refractivity contribution >= 4 is 0 Å². The maximum absolute atomic E-state index is 10.5. The summed E-state index contributed by atoms with van der Waals surface area (Å²) in [5.74, 6) is 2.92. The van der Waals surface area contributed by atoms with Crippen molar-refractivity contribution in [3.63, 3.8) is 0 Å². The van der Waals surface area contributed by atoms with Gasteiger partial charge in [0.15, 0.2) is 0 Å². The molecule has 1 heterocycles. The second-order valence-electron chi connectivity index (χ2n) is 11.3. The van der Waals surface area contributed by atoms with E-state index in [2.05, 4.69) is 51.2 Å². The van der Waals surface area contributed by atoms with E-state index in [1.54, 1.807) is 0 Å². The molecule has 0 saturated heterocycles. The van der Waals surface area contributed by atoms with Crippen molar-refractivity contribution < 1.29 is 5.11 Å². The highest BCUT2D eigenvalue weighted by molar-refractivity contribution is 5.34. The molecule has 5 rings (SSSR count). The number of aromatic nitrogens is 2. The molecule has 7 atom stereocenters. The summed E-state index contributed by atoms with van der Waals surface area (Å²) >= 11 is 0. The van der Waals surface area contributed by atoms with Crippen LogP contribution >= 0.6 is 0 Å². The molecule has 168 valence electrons. The molecule has 0 radical (unpaired) electrons. The number of aliphatic hydroxyl groups excluding tert-OH is 1. The Morgan fingerprint density at radius 2 is 1.84 bits per heavy atom. The van der Waals surface area contributed by atoms with Crippen LogP contribution < -0.4 is 5.73 Å². The van der Waals surface area contributed by atoms with Crippen LogP contribution in [0, 0.1) is 40.4 Å². The summed E-state index contributed by atoms with van der Waals surface area (Å²) in [5.41, 5.74) is 10.7. The second-order valence-corrected chi connectivity index (χ2v) is 11.3. The fourth-order valence-electron chi connectivity index (χ4n) is 7.90. The molecular weight excluding hydrogens is 382 g/mol. The predicted molar refractivity (Wildman–Crippen MR) is 125 cm³/mol. The Bertz CT molecular complexity index is 924. The van der Waals surface area contributed by atoms with Crippen molar-refractivity contribution in [1.82, 2.24) is 9.78 Å². The highest BCUT2D eigenvalue weighted by Gasteiger charge is 2.57. The third-order valence-electron chi connectivity index (χ3n) is 10.1. The summed E-state index contributed by atoms with van der Waals surface area (Å²) in [5, 5.41) is 15.4. The molecule has 3 aliphatic carbocycles. The monoisotopic (exact) mass is 421 g/mol. The molecule has 4 heteroatoms. The van der Waals surface area contributed by atoms with E-state index in [1.807, 2.05) is 10.7 Å². The Hall–Kier alpha value is -1.65. The summed E-state index contributed by atoms with van der Waals surface area (Å²) in [6.07, 6.45) is 9.33. The zero-order valence-electron chi connectivity index (χ0n) is 19.4. The molecule has 0 amide bonds. The first-order chi connectivity index (χ1) is 14.9. The van der Waals surface area contributed by atoms with Crippen molar-refractivity contribution in [2.24, 2.45) is 46.2 Å². The van der Waals surface area contributed by atoms with Gasteiger partial charge in [0.1, 0.15) is 0 Å². The number of nitrogens with two attached hydrogens (primary N) is 1. The summed E-state index contributed by atoms with van der Waals surface area (Å²) < 4.78 is 2.03. The van der Waals surface area contributed by atoms with Gasteiger partial charge < -0.3 is 10.8 Å². The molecule has 2 saturated carbocycles. The van der Waals surface area contributed by atoms with Gasteiger partial charge in [-0.2, -0.15) is 5.10 Å². The standard InChI is InChI=1S/C27H39N3O/c1-18-9-10-23-22(15-28)24(11-12-26(18,23)2)27(3)14-19-16-30(21-7-5-4-6-8-21)29-25(19)13-20(27)17-31/h4-8,16,18,20,22-24,31H,9-15,17,28H2,1-3H3/t18-,20+,22-,23-,24-,26+,27-/m0/s1. The van der Waals surface area contributed by atoms with E-state index in [0.29, 0.717) is 17.3 Å². The van der Waals surface area contributed by atoms with Gasteiger partial charge >= 0.3 is 0 Å². The number of aliphatic hydroxyl groups is 1. The lowest BCUT2D eigenvalue weighted by molar-refractivity contribution is -0.0689. The Morgan fingerprint density at radius 1 is 1.10 bits per heavy atom. The van der Waals surface area contributed by atoms with Crippen LogP contribution in [0.15, 0.2) is 36.5 Å². The van der Waals surface area contributed by atoms with Gasteiger partial charge in [-0.05, 0) is 103 Å². The minimum absolute atomic E-state index is 0.0729. The fraction of sp³-hybridized carbons (Fsp3) is 0.667. The highest BCUT2D eigenvalue weighted by Crippen LogP contribution is 2.63. The van der Waals surface area contributed by atoms with Crippen molar-refractivity contribution in [1.29, 1.82) is 0 Å². The smallest absolute Gasteiger partial charge is 0.0665 e. The Kier molecular flexibility index (Phi) is 5.29. The first kappa shape index (κ1) is 21.2. The molecule has 1 aromatic carbocycles. The molecule has 0 unspecified atom stereocenters. The van der Waals surface area contributed by atoms with E-state index in [9.17, 15) is 5.11 Å². The highest BCUT2D eigenvalue weighted by atomic mass is 16.3. The van der Waals surface area contributed by atoms with Gasteiger partial charge in [-0.15, -0.1) is 0 Å². The summed E-state index contributed by atoms with van der Waals surface area (Å²) in [4.78, 5) is 0. The molecule has 0 aliphatic heterocycles. The number of nitrogens with zero attached hydrogens (tertiary/aromatic N) is 2. The lowest BCUT2D eigenvalue weighted by atomic mass is 9.49. The van der Waals surface area contributed by atoms with Crippen molar-refractivity contribution in [3.05, 3.63) is 47.8 Å². The fourth-order valence-corrected chi connectivity index (χ4v) is 7.90. The van der Waals surface area contributed by atoms with E-state index in [-0.39, 0.29) is 17.9 Å². The van der Waals surface area contributed by atoms with Gasteiger partial charge in [-0.1, -0.05) is 39.0 Å². The quantitative estimate of drug-likeness (QED) is 0.757. The second kappa shape index (κ2) is 7.74. The molecule has 0 spiro atoms. The molecule has 2 fully saturated rings. The maximum atomic E-state index is 10.5. The predicted octanol–water partition coefficient (Wildman–Crippen LogP) is 4.62. The minimum Gasteiger partial charge on any atom is -0.396 e. The summed E-state index contributed by atoms with van der Waals surface area (Å²) in [6.45, 7) is 8.45. The number of hydrogen-bond acceptors (Lipinski definition) is 3. The first-order valence-electron chi connectivity index (χ1n) is 12.3. The van der Waals surface area contributed by atoms with Crippen LogP contribution in [-0.4, -0.2) is 28.0 Å². The van der Waals surface area contributed by atoms with E-state index in [0.717, 1.165) is 36.9 Å². The lowest BCUT2D eigenvalue weighted by Gasteiger charge is -2.56. The molecule has 31 heavy (non-hydrogen) atoms. The zero-order valence-corrected chi connectivity index (χ0v) is 19.4. The average Bonchev–Trinajstić information content (AvgIpc) is 3.33. The van der Waals surface area contributed by atoms with Crippen molar-refractivity contribution in [2.45, 2.75) is 59.3 Å². The van der Waals surface area contributed by atoms with Crippen LogP contribution in [0.25, 0.3) is 5.69 Å². The third-order valence-corrected chi connectivity index (χ3v) is 10.1. The molecule has 0 bridgehead atoms. The minimum atomic E-state index is 0.0729. The number of hydrogen-bond donors (Lipinski definition) is 2. The van der Waals surface area contributed by atoms with Gasteiger partial charge in [-0.3, -0.25) is 0 Å². The molecular formula is C27H39N3O. The molecule has 3 N–H and O–H groups in total. The number of para-hydroxylation sites is 1. The maximum Gasteiger partial charge on any atom is 0.0665 e. The molecule has 3 aliphatic rings. The van der Waals surface area contributed by atoms with E-state index >= 15 is 0 Å². The Morgan fingerprint density at radius 3 is 2.55 bits per heavy atom. The SMILES string of the molecule is C[C@H]1CC[C@H]2[C@H](CN)[C@@H]([C@@]3(C)Cc4cn(-c5ccccc5)nc4C[C@@H]3CO)CC[C@]12C. The third kappa shape index (κ3) is 3.21. The largest absolute Gasteiger partial charge is 0.396 e. The first-order valence-corrected chi connectivity index (χ1v) is 12.3. The van der Waals surface area contributed by atoms with Crippen LogP contribution in [0.1, 0.15) is 57.7 Å². The Labute approximate surface area is 187 Å². The van der Waals surface area contributed by atoms with Crippen LogP contribution in [0.4, 0.5) is 0 Å². The van der Waals surface area contributed by atoms with Crippen molar-refractivity contribution in [3.8, 4) is 5.69 Å². The molecule has 2 aromatic rings. The van der Waals surface area contributed by atoms with E-state index in [1.165, 1.54) is 36.9 Å². The van der Waals surface area contributed by atoms with E-state index in [4.69, 9.17) is 10.8 Å². The van der Waals surface area contributed by atoms with Crippen LogP contribution in [-0.2, 0) is 12.8 Å². The molecule has 4 nitrogen and oxygen atoms in total. The Balaban J connectivity index is 1.48. The van der Waals surface area contributed by atoms with Crippen LogP contribution in [0.3, 0.4) is 0 Å². The summed E-state index contributed by atoms with van der Waals surface area (Å²) in [6, 6.07) is 10.4. The normalized spacial score (nSPS) is 39.8. The van der Waals surface area contributed by atoms with Crippen molar-refractivity contribution in [2.75, 3.05) is 13.2 Å². The van der Waals surface area contributed by atoms with Crippen LogP contribution in [0.5, 0.6) is 0 Å². The van der Waals surface area contributed by atoms with E-state index < -0.39 is 0 Å². The number of fused-ring (bicyclic) bond motifs is 2. The number of benzene rings is 1. The molecule has 1 aromatic heterocycles. The van der Waals surface area contributed by atoms with Gasteiger partial charge in [0.2, 0.25) is 0 Å². The number of rotatable bonds is 4. The van der Waals surface area contributed by atoms with Gasteiger partial charge in [0, 0.05) is 12.8 Å². The van der Waals surface area contributed by atoms with Gasteiger partial charge in [-0.25, -0.2) is 4.68 Å². The summed E-state index contributed by atoms with van der Waals surface area (Å²) in [7, 11) is 0. The zero-order chi connectivity index (χ0) is 21.8. The lowest BCUT2D eigenvalue weighted by Crippen LogP contribution is -2.53. The average molecular weight is 422 g/mol.